The lowest BCUT2D eigenvalue weighted by Gasteiger charge is -2.32. The van der Waals surface area contributed by atoms with Gasteiger partial charge in [0.05, 0.1) is 6.10 Å². The minimum Gasteiger partial charge on any atom is -0.381 e. The Hall–Kier alpha value is -0.610. The molecule has 0 aromatic heterocycles. The van der Waals surface area contributed by atoms with Gasteiger partial charge < -0.3 is 14.8 Å². The summed E-state index contributed by atoms with van der Waals surface area (Å²) in [6.45, 7) is 2.56. The van der Waals surface area contributed by atoms with E-state index in [1.54, 1.807) is 0 Å². The molecule has 4 heteroatoms. The van der Waals surface area contributed by atoms with Crippen LogP contribution in [0.1, 0.15) is 12.8 Å². The van der Waals surface area contributed by atoms with Gasteiger partial charge in [0.2, 0.25) is 5.91 Å². The molecule has 2 rings (SSSR count). The summed E-state index contributed by atoms with van der Waals surface area (Å²) in [7, 11) is 0. The smallest absolute Gasteiger partial charge is 0.246 e. The fourth-order valence-corrected chi connectivity index (χ4v) is 1.90. The molecule has 4 nitrogen and oxygen atoms in total. The second-order valence-electron chi connectivity index (χ2n) is 3.60. The Morgan fingerprint density at radius 2 is 2.08 bits per heavy atom. The van der Waals surface area contributed by atoms with Crippen molar-refractivity contribution >= 4 is 5.91 Å². The molecule has 0 saturated carbocycles. The molecule has 13 heavy (non-hydrogen) atoms. The highest BCUT2D eigenvalue weighted by Crippen LogP contribution is 2.21. The highest BCUT2D eigenvalue weighted by molar-refractivity contribution is 5.77. The second-order valence-corrected chi connectivity index (χ2v) is 3.60. The Morgan fingerprint density at radius 3 is 2.69 bits per heavy atom. The number of morpholine rings is 1. The van der Waals surface area contributed by atoms with E-state index in [1.165, 1.54) is 0 Å². The Morgan fingerprint density at radius 1 is 1.31 bits per heavy atom. The molecule has 0 aromatic rings. The third kappa shape index (κ3) is 2.19. The fraction of sp³-hybridized carbons (Fsp3) is 0.889. The quantitative estimate of drug-likeness (QED) is 0.622. The fourth-order valence-electron chi connectivity index (χ4n) is 1.90. The second kappa shape index (κ2) is 4.07. The highest BCUT2D eigenvalue weighted by atomic mass is 16.5. The summed E-state index contributed by atoms with van der Waals surface area (Å²) in [4.78, 5) is 10.8. The van der Waals surface area contributed by atoms with Crippen molar-refractivity contribution in [1.82, 2.24) is 5.32 Å². The summed E-state index contributed by atoms with van der Waals surface area (Å²) < 4.78 is 10.7. The average molecular weight is 185 g/mol. The van der Waals surface area contributed by atoms with Crippen molar-refractivity contribution in [2.24, 2.45) is 5.92 Å². The van der Waals surface area contributed by atoms with E-state index in [1.807, 2.05) is 0 Å². The zero-order chi connectivity index (χ0) is 9.10. The van der Waals surface area contributed by atoms with Crippen LogP contribution in [0.15, 0.2) is 0 Å². The first-order valence-corrected chi connectivity index (χ1v) is 4.82. The zero-order valence-electron chi connectivity index (χ0n) is 7.62. The van der Waals surface area contributed by atoms with Crippen molar-refractivity contribution in [1.29, 1.82) is 0 Å². The predicted octanol–water partition coefficient (Wildman–Crippen LogP) is -0.0720. The first-order valence-electron chi connectivity index (χ1n) is 4.82. The molecule has 0 aromatic carbocycles. The van der Waals surface area contributed by atoms with Gasteiger partial charge in [-0.1, -0.05) is 0 Å². The molecule has 2 aliphatic rings. The molecule has 74 valence electrons. The Labute approximate surface area is 77.6 Å². The standard InChI is InChI=1S/C9H15NO3/c11-9-6-13-8(5-10-9)7-1-3-12-4-2-7/h7-8H,1-6H2,(H,10,11). The molecule has 2 fully saturated rings. The number of hydrogen-bond acceptors (Lipinski definition) is 3. The van der Waals surface area contributed by atoms with Crippen molar-refractivity contribution in [3.8, 4) is 0 Å². The summed E-state index contributed by atoms with van der Waals surface area (Å²) in [6, 6.07) is 0. The lowest BCUT2D eigenvalue weighted by molar-refractivity contribution is -0.137. The summed E-state index contributed by atoms with van der Waals surface area (Å²) in [6.07, 6.45) is 2.32. The lowest BCUT2D eigenvalue weighted by atomic mass is 9.93. The maximum atomic E-state index is 10.8. The van der Waals surface area contributed by atoms with Gasteiger partial charge in [-0.25, -0.2) is 0 Å². The third-order valence-corrected chi connectivity index (χ3v) is 2.72. The summed E-state index contributed by atoms with van der Waals surface area (Å²) in [5.74, 6) is 0.567. The van der Waals surface area contributed by atoms with Gasteiger partial charge >= 0.3 is 0 Å². The van der Waals surface area contributed by atoms with Crippen molar-refractivity contribution < 1.29 is 14.3 Å². The Bertz CT molecular complexity index is 179. The van der Waals surface area contributed by atoms with Gasteiger partial charge in [-0.3, -0.25) is 4.79 Å². The average Bonchev–Trinajstić information content (AvgIpc) is 2.20. The molecular formula is C9H15NO3. The third-order valence-electron chi connectivity index (χ3n) is 2.72. The minimum atomic E-state index is 0.00306. The van der Waals surface area contributed by atoms with Crippen LogP contribution >= 0.6 is 0 Å². The molecule has 1 atom stereocenters. The summed E-state index contributed by atoms with van der Waals surface area (Å²) in [5, 5.41) is 2.82. The van der Waals surface area contributed by atoms with E-state index in [0.717, 1.165) is 26.1 Å². The Kier molecular flexibility index (Phi) is 2.80. The molecule has 1 amide bonds. The van der Waals surface area contributed by atoms with Gasteiger partial charge in [0.1, 0.15) is 6.61 Å². The van der Waals surface area contributed by atoms with Crippen molar-refractivity contribution in [2.75, 3.05) is 26.4 Å². The molecule has 0 bridgehead atoms. The van der Waals surface area contributed by atoms with Crippen LogP contribution in [0.3, 0.4) is 0 Å². The number of hydrogen-bond donors (Lipinski definition) is 1. The molecule has 2 saturated heterocycles. The van der Waals surface area contributed by atoms with Gasteiger partial charge in [-0.05, 0) is 18.8 Å². The van der Waals surface area contributed by atoms with Crippen LogP contribution in [0.25, 0.3) is 0 Å². The topological polar surface area (TPSA) is 47.6 Å². The van der Waals surface area contributed by atoms with E-state index in [2.05, 4.69) is 5.32 Å². The maximum absolute atomic E-state index is 10.8. The number of nitrogens with one attached hydrogen (secondary N) is 1. The maximum Gasteiger partial charge on any atom is 0.246 e. The molecule has 2 aliphatic heterocycles. The molecule has 0 spiro atoms. The number of ether oxygens (including phenoxy) is 2. The van der Waals surface area contributed by atoms with Gasteiger partial charge in [-0.15, -0.1) is 0 Å². The van der Waals surface area contributed by atoms with E-state index in [9.17, 15) is 4.79 Å². The van der Waals surface area contributed by atoms with Gasteiger partial charge in [0.25, 0.3) is 0 Å². The number of carbonyl (C=O) groups is 1. The Balaban J connectivity index is 1.82. The van der Waals surface area contributed by atoms with E-state index in [-0.39, 0.29) is 18.6 Å². The van der Waals surface area contributed by atoms with Crippen LogP contribution in [0.4, 0.5) is 0 Å². The van der Waals surface area contributed by atoms with Crippen molar-refractivity contribution in [2.45, 2.75) is 18.9 Å². The summed E-state index contributed by atoms with van der Waals surface area (Å²) in [5.41, 5.74) is 0. The largest absolute Gasteiger partial charge is 0.381 e. The first kappa shape index (κ1) is 8.97. The van der Waals surface area contributed by atoms with Crippen LogP contribution in [0, 0.1) is 5.92 Å². The van der Waals surface area contributed by atoms with Crippen LogP contribution in [0.5, 0.6) is 0 Å². The lowest BCUT2D eigenvalue weighted by Crippen LogP contribution is -2.47. The van der Waals surface area contributed by atoms with Crippen LogP contribution in [-0.4, -0.2) is 38.4 Å². The van der Waals surface area contributed by atoms with Crippen LogP contribution < -0.4 is 5.32 Å². The molecule has 1 unspecified atom stereocenters. The SMILES string of the molecule is O=C1COC(C2CCOCC2)CN1. The molecule has 0 aliphatic carbocycles. The van der Waals surface area contributed by atoms with Gasteiger partial charge in [0, 0.05) is 19.8 Å². The van der Waals surface area contributed by atoms with Gasteiger partial charge in [-0.2, -0.15) is 0 Å². The highest BCUT2D eigenvalue weighted by Gasteiger charge is 2.28. The first-order chi connectivity index (χ1) is 6.36. The van der Waals surface area contributed by atoms with Crippen molar-refractivity contribution in [3.63, 3.8) is 0 Å². The van der Waals surface area contributed by atoms with E-state index in [0.29, 0.717) is 12.5 Å². The molecule has 0 radical (unpaired) electrons. The molecule has 1 N–H and O–H groups in total. The van der Waals surface area contributed by atoms with Crippen LogP contribution in [-0.2, 0) is 14.3 Å². The predicted molar refractivity (Wildman–Crippen MR) is 46.3 cm³/mol. The van der Waals surface area contributed by atoms with E-state index in [4.69, 9.17) is 9.47 Å². The molecule has 2 heterocycles. The summed E-state index contributed by atoms with van der Waals surface area (Å²) >= 11 is 0. The van der Waals surface area contributed by atoms with E-state index < -0.39 is 0 Å². The van der Waals surface area contributed by atoms with Crippen molar-refractivity contribution in [3.05, 3.63) is 0 Å². The van der Waals surface area contributed by atoms with Crippen LogP contribution in [0.2, 0.25) is 0 Å². The minimum absolute atomic E-state index is 0.00306. The molecular weight excluding hydrogens is 170 g/mol. The number of carbonyl (C=O) groups excluding carboxylic acids is 1. The van der Waals surface area contributed by atoms with Gasteiger partial charge in [0.15, 0.2) is 0 Å². The van der Waals surface area contributed by atoms with E-state index >= 15 is 0 Å². The number of rotatable bonds is 1. The monoisotopic (exact) mass is 185 g/mol. The number of amides is 1. The normalized spacial score (nSPS) is 31.4. The zero-order valence-corrected chi connectivity index (χ0v) is 7.62.